The molecule has 4 nitrogen and oxygen atoms in total. The van der Waals surface area contributed by atoms with Crippen LogP contribution in [-0.4, -0.2) is 33.5 Å². The molecule has 0 aliphatic carbocycles. The Morgan fingerprint density at radius 1 is 1.29 bits per heavy atom. The van der Waals surface area contributed by atoms with Crippen LogP contribution in [-0.2, 0) is 9.84 Å². The number of para-hydroxylation sites is 2. The first-order valence-corrected chi connectivity index (χ1v) is 7.54. The van der Waals surface area contributed by atoms with Crippen molar-refractivity contribution >= 4 is 21.2 Å². The molecule has 0 heterocycles. The number of rotatable bonds is 6. The van der Waals surface area contributed by atoms with Gasteiger partial charge in [-0.15, -0.1) is 0 Å². The number of hydrogen-bond donors (Lipinski definition) is 1. The van der Waals surface area contributed by atoms with Crippen molar-refractivity contribution in [1.82, 2.24) is 0 Å². The number of sulfone groups is 1. The van der Waals surface area contributed by atoms with Gasteiger partial charge in [-0.25, -0.2) is 8.42 Å². The van der Waals surface area contributed by atoms with Gasteiger partial charge in [0.2, 0.25) is 0 Å². The van der Waals surface area contributed by atoms with Gasteiger partial charge in [0.15, 0.2) is 0 Å². The van der Waals surface area contributed by atoms with E-state index in [1.807, 2.05) is 36.2 Å². The highest BCUT2D eigenvalue weighted by atomic mass is 32.2. The standard InChI is InChI=1S/C12H20N2O2S/c1-3-17(15,16)10-6-9-14(2)12-8-5-4-7-11(12)13/h4-5,7-8H,3,6,9-10,13H2,1-2H3. The van der Waals surface area contributed by atoms with E-state index in [-0.39, 0.29) is 11.5 Å². The molecule has 0 saturated heterocycles. The van der Waals surface area contributed by atoms with Crippen LogP contribution < -0.4 is 10.6 Å². The topological polar surface area (TPSA) is 63.4 Å². The van der Waals surface area contributed by atoms with Crippen LogP contribution in [0.4, 0.5) is 11.4 Å². The zero-order valence-electron chi connectivity index (χ0n) is 10.4. The zero-order valence-corrected chi connectivity index (χ0v) is 11.2. The number of hydrogen-bond acceptors (Lipinski definition) is 4. The van der Waals surface area contributed by atoms with Crippen LogP contribution in [0.2, 0.25) is 0 Å². The molecule has 96 valence electrons. The van der Waals surface area contributed by atoms with Gasteiger partial charge in [0, 0.05) is 19.3 Å². The quantitative estimate of drug-likeness (QED) is 0.784. The molecule has 0 amide bonds. The highest BCUT2D eigenvalue weighted by molar-refractivity contribution is 7.91. The summed E-state index contributed by atoms with van der Waals surface area (Å²) in [5.41, 5.74) is 7.51. The molecule has 0 radical (unpaired) electrons. The average molecular weight is 256 g/mol. The van der Waals surface area contributed by atoms with Gasteiger partial charge in [-0.3, -0.25) is 0 Å². The molecule has 0 saturated carbocycles. The van der Waals surface area contributed by atoms with Crippen LogP contribution in [0, 0.1) is 0 Å². The van der Waals surface area contributed by atoms with Crippen molar-refractivity contribution in [2.24, 2.45) is 0 Å². The second-order valence-corrected chi connectivity index (χ2v) is 6.54. The highest BCUT2D eigenvalue weighted by Gasteiger charge is 2.09. The molecule has 1 aromatic carbocycles. The summed E-state index contributed by atoms with van der Waals surface area (Å²) in [5.74, 6) is 0.449. The molecule has 0 atom stereocenters. The predicted octanol–water partition coefficient (Wildman–Crippen LogP) is 1.53. The van der Waals surface area contributed by atoms with E-state index >= 15 is 0 Å². The van der Waals surface area contributed by atoms with E-state index < -0.39 is 9.84 Å². The van der Waals surface area contributed by atoms with Crippen molar-refractivity contribution in [1.29, 1.82) is 0 Å². The van der Waals surface area contributed by atoms with Gasteiger partial charge in [0.25, 0.3) is 0 Å². The lowest BCUT2D eigenvalue weighted by atomic mass is 10.2. The summed E-state index contributed by atoms with van der Waals surface area (Å²) >= 11 is 0. The minimum atomic E-state index is -2.87. The first-order chi connectivity index (χ1) is 7.96. The maximum absolute atomic E-state index is 11.3. The van der Waals surface area contributed by atoms with E-state index in [9.17, 15) is 8.42 Å². The van der Waals surface area contributed by atoms with Gasteiger partial charge in [-0.05, 0) is 18.6 Å². The Bertz CT molecular complexity index is 457. The third kappa shape index (κ3) is 4.26. The molecule has 0 unspecified atom stereocenters. The van der Waals surface area contributed by atoms with E-state index in [4.69, 9.17) is 5.73 Å². The van der Waals surface area contributed by atoms with Crippen LogP contribution in [0.3, 0.4) is 0 Å². The predicted molar refractivity (Wildman–Crippen MR) is 73.1 cm³/mol. The summed E-state index contributed by atoms with van der Waals surface area (Å²) < 4.78 is 22.7. The Hall–Kier alpha value is -1.23. The van der Waals surface area contributed by atoms with Crippen LogP contribution in [0.1, 0.15) is 13.3 Å². The van der Waals surface area contributed by atoms with Crippen LogP contribution >= 0.6 is 0 Å². The number of nitrogens with two attached hydrogens (primary N) is 1. The zero-order chi connectivity index (χ0) is 12.9. The fourth-order valence-corrected chi connectivity index (χ4v) is 2.48. The summed E-state index contributed by atoms with van der Waals surface area (Å²) in [4.78, 5) is 1.99. The second-order valence-electron chi connectivity index (χ2n) is 4.07. The number of nitrogen functional groups attached to an aromatic ring is 1. The van der Waals surface area contributed by atoms with Crippen LogP contribution in [0.15, 0.2) is 24.3 Å². The second kappa shape index (κ2) is 5.91. The first-order valence-electron chi connectivity index (χ1n) is 5.72. The number of nitrogens with zero attached hydrogens (tertiary/aromatic N) is 1. The molecule has 0 spiro atoms. The van der Waals surface area contributed by atoms with Crippen molar-refractivity contribution in [3.05, 3.63) is 24.3 Å². The third-order valence-electron chi connectivity index (χ3n) is 2.74. The molecular weight excluding hydrogens is 236 g/mol. The van der Waals surface area contributed by atoms with E-state index in [2.05, 4.69) is 0 Å². The lowest BCUT2D eigenvalue weighted by molar-refractivity contribution is 0.594. The Labute approximate surface area is 103 Å². The minimum Gasteiger partial charge on any atom is -0.397 e. The molecule has 0 fully saturated rings. The van der Waals surface area contributed by atoms with Gasteiger partial charge >= 0.3 is 0 Å². The molecule has 0 bridgehead atoms. The van der Waals surface area contributed by atoms with Crippen LogP contribution in [0.25, 0.3) is 0 Å². The third-order valence-corrected chi connectivity index (χ3v) is 4.53. The minimum absolute atomic E-state index is 0.212. The molecule has 5 heteroatoms. The SMILES string of the molecule is CCS(=O)(=O)CCCN(C)c1ccccc1N. The monoisotopic (exact) mass is 256 g/mol. The average Bonchev–Trinajstić information content (AvgIpc) is 2.29. The van der Waals surface area contributed by atoms with Gasteiger partial charge in [0.05, 0.1) is 17.1 Å². The maximum atomic E-state index is 11.3. The largest absolute Gasteiger partial charge is 0.397 e. The summed E-state index contributed by atoms with van der Waals surface area (Å²) in [6, 6.07) is 7.58. The summed E-state index contributed by atoms with van der Waals surface area (Å²) in [6.45, 7) is 2.36. The van der Waals surface area contributed by atoms with Crippen molar-refractivity contribution < 1.29 is 8.42 Å². The van der Waals surface area contributed by atoms with Crippen molar-refractivity contribution in [2.75, 3.05) is 35.7 Å². The molecule has 0 aliphatic rings. The highest BCUT2D eigenvalue weighted by Crippen LogP contribution is 2.20. The number of anilines is 2. The smallest absolute Gasteiger partial charge is 0.150 e. The first kappa shape index (κ1) is 13.8. The molecule has 2 N–H and O–H groups in total. The maximum Gasteiger partial charge on any atom is 0.150 e. The van der Waals surface area contributed by atoms with E-state index in [0.717, 1.165) is 5.69 Å². The van der Waals surface area contributed by atoms with Gasteiger partial charge in [-0.1, -0.05) is 19.1 Å². The normalized spacial score (nSPS) is 11.4. The van der Waals surface area contributed by atoms with Gasteiger partial charge in [0.1, 0.15) is 9.84 Å². The van der Waals surface area contributed by atoms with Gasteiger partial charge in [-0.2, -0.15) is 0 Å². The summed E-state index contributed by atoms with van der Waals surface area (Å²) in [5, 5.41) is 0. The Balaban J connectivity index is 2.51. The Morgan fingerprint density at radius 3 is 2.53 bits per heavy atom. The molecule has 17 heavy (non-hydrogen) atoms. The molecular formula is C12H20N2O2S. The van der Waals surface area contributed by atoms with Crippen LogP contribution in [0.5, 0.6) is 0 Å². The molecule has 0 aliphatic heterocycles. The van der Waals surface area contributed by atoms with Crippen molar-refractivity contribution in [2.45, 2.75) is 13.3 Å². The van der Waals surface area contributed by atoms with E-state index in [1.54, 1.807) is 6.92 Å². The number of benzene rings is 1. The molecule has 1 rings (SSSR count). The van der Waals surface area contributed by atoms with E-state index in [1.165, 1.54) is 0 Å². The lowest BCUT2D eigenvalue weighted by Crippen LogP contribution is -2.22. The Kier molecular flexibility index (Phi) is 4.81. The van der Waals surface area contributed by atoms with E-state index in [0.29, 0.717) is 18.7 Å². The lowest BCUT2D eigenvalue weighted by Gasteiger charge is -2.20. The van der Waals surface area contributed by atoms with Crippen molar-refractivity contribution in [3.63, 3.8) is 0 Å². The fraction of sp³-hybridized carbons (Fsp3) is 0.500. The molecule has 0 aromatic heterocycles. The molecule has 1 aromatic rings. The summed E-state index contributed by atoms with van der Waals surface area (Å²) in [6.07, 6.45) is 0.626. The Morgan fingerprint density at radius 2 is 1.94 bits per heavy atom. The van der Waals surface area contributed by atoms with Crippen molar-refractivity contribution in [3.8, 4) is 0 Å². The summed E-state index contributed by atoms with van der Waals surface area (Å²) in [7, 11) is -0.944. The fourth-order valence-electron chi connectivity index (χ4n) is 1.62. The van der Waals surface area contributed by atoms with Gasteiger partial charge < -0.3 is 10.6 Å².